The van der Waals surface area contributed by atoms with Gasteiger partial charge in [-0.1, -0.05) is 66.2 Å². The lowest BCUT2D eigenvalue weighted by atomic mass is 9.94. The number of hydrogen-bond donors (Lipinski definition) is 1. The molecule has 0 fully saturated rings. The number of aromatic amines is 1. The van der Waals surface area contributed by atoms with E-state index < -0.39 is 11.2 Å². The molecule has 2 heterocycles. The third kappa shape index (κ3) is 4.04. The minimum atomic E-state index is -0.543. The minimum Gasteiger partial charge on any atom is -0.480 e. The van der Waals surface area contributed by atoms with Crippen molar-refractivity contribution in [3.8, 4) is 39.9 Å². The van der Waals surface area contributed by atoms with Gasteiger partial charge < -0.3 is 9.72 Å². The number of ether oxygens (including phenoxy) is 1. The van der Waals surface area contributed by atoms with E-state index in [1.807, 2.05) is 48.5 Å². The maximum absolute atomic E-state index is 13.6. The number of rotatable bonds is 4. The molecule has 0 saturated carbocycles. The summed E-state index contributed by atoms with van der Waals surface area (Å²) in [4.78, 5) is 34.0. The monoisotopic (exact) mass is 530 g/mol. The van der Waals surface area contributed by atoms with Gasteiger partial charge in [0.25, 0.3) is 5.56 Å². The smallest absolute Gasteiger partial charge is 0.333 e. The molecule has 6 rings (SSSR count). The number of H-pyrrole nitrogens is 1. The number of nitrogens with zero attached hydrogens (tertiary/aromatic N) is 3. The maximum atomic E-state index is 13.6. The van der Waals surface area contributed by atoms with Gasteiger partial charge in [-0.2, -0.15) is 5.26 Å². The Morgan fingerprint density at radius 1 is 0.923 bits per heavy atom. The van der Waals surface area contributed by atoms with Gasteiger partial charge in [0.2, 0.25) is 5.88 Å². The molecule has 0 aliphatic carbocycles. The number of nitriles is 1. The largest absolute Gasteiger partial charge is 0.480 e. The van der Waals surface area contributed by atoms with Crippen molar-refractivity contribution in [1.82, 2.24) is 14.5 Å². The van der Waals surface area contributed by atoms with Crippen LogP contribution in [-0.4, -0.2) is 21.6 Å². The molecule has 188 valence electrons. The maximum Gasteiger partial charge on any atom is 0.333 e. The lowest BCUT2D eigenvalue weighted by molar-refractivity contribution is 0.396. The van der Waals surface area contributed by atoms with E-state index in [0.717, 1.165) is 20.9 Å². The fourth-order valence-electron chi connectivity index (χ4n) is 4.90. The van der Waals surface area contributed by atoms with Gasteiger partial charge in [-0.05, 0) is 46.8 Å². The fraction of sp³-hybridized carbons (Fsp3) is 0.0323. The van der Waals surface area contributed by atoms with Gasteiger partial charge in [0, 0.05) is 27.7 Å². The molecule has 8 heteroatoms. The van der Waals surface area contributed by atoms with E-state index in [4.69, 9.17) is 16.3 Å². The molecule has 0 saturated heterocycles. The van der Waals surface area contributed by atoms with Crippen molar-refractivity contribution >= 4 is 33.3 Å². The lowest BCUT2D eigenvalue weighted by Gasteiger charge is -2.14. The topological polar surface area (TPSA) is 101 Å². The molecule has 0 radical (unpaired) electrons. The third-order valence-electron chi connectivity index (χ3n) is 6.68. The van der Waals surface area contributed by atoms with Crippen LogP contribution in [0, 0.1) is 11.3 Å². The molecule has 0 aliphatic rings. The van der Waals surface area contributed by atoms with Crippen molar-refractivity contribution in [3.63, 3.8) is 0 Å². The molecule has 39 heavy (non-hydrogen) atoms. The first kappa shape index (κ1) is 24.2. The first-order valence-electron chi connectivity index (χ1n) is 12.0. The van der Waals surface area contributed by atoms with E-state index in [0.29, 0.717) is 38.3 Å². The Hall–Kier alpha value is -5.19. The summed E-state index contributed by atoms with van der Waals surface area (Å²) >= 11 is 6.67. The number of nitrogens with one attached hydrogen (secondary N) is 1. The summed E-state index contributed by atoms with van der Waals surface area (Å²) in [5, 5.41) is 12.1. The van der Waals surface area contributed by atoms with Gasteiger partial charge in [-0.25, -0.2) is 14.3 Å². The molecular weight excluding hydrogens is 512 g/mol. The number of hydrogen-bond acceptors (Lipinski definition) is 5. The number of aromatic nitrogens is 3. The molecular formula is C31H19ClN4O3. The number of methoxy groups -OCH3 is 1. The zero-order valence-corrected chi connectivity index (χ0v) is 21.4. The second-order valence-electron chi connectivity index (χ2n) is 8.88. The Morgan fingerprint density at radius 2 is 1.72 bits per heavy atom. The third-order valence-corrected chi connectivity index (χ3v) is 7.00. The van der Waals surface area contributed by atoms with E-state index in [2.05, 4.69) is 16.0 Å². The van der Waals surface area contributed by atoms with Crippen LogP contribution in [0.2, 0.25) is 5.02 Å². The lowest BCUT2D eigenvalue weighted by Crippen LogP contribution is -2.33. The van der Waals surface area contributed by atoms with Crippen LogP contribution in [0.3, 0.4) is 0 Å². The number of pyridine rings is 1. The summed E-state index contributed by atoms with van der Waals surface area (Å²) in [6.07, 6.45) is 1.61. The first-order chi connectivity index (χ1) is 19.0. The second-order valence-corrected chi connectivity index (χ2v) is 9.29. The van der Waals surface area contributed by atoms with E-state index in [9.17, 15) is 14.9 Å². The van der Waals surface area contributed by atoms with Crippen LogP contribution in [0.25, 0.3) is 49.6 Å². The average molecular weight is 531 g/mol. The first-order valence-corrected chi connectivity index (χ1v) is 12.4. The quantitative estimate of drug-likeness (QED) is 0.297. The zero-order valence-electron chi connectivity index (χ0n) is 20.6. The van der Waals surface area contributed by atoms with Crippen LogP contribution >= 0.6 is 11.6 Å². The summed E-state index contributed by atoms with van der Waals surface area (Å²) in [6, 6.07) is 27.6. The predicted molar refractivity (Wildman–Crippen MR) is 153 cm³/mol. The summed E-state index contributed by atoms with van der Waals surface area (Å²) < 4.78 is 6.34. The molecule has 0 unspecified atom stereocenters. The second kappa shape index (κ2) is 9.60. The summed E-state index contributed by atoms with van der Waals surface area (Å²) in [5.74, 6) is 0.232. The Labute approximate surface area is 227 Å². The average Bonchev–Trinajstić information content (AvgIpc) is 2.96. The highest BCUT2D eigenvalue weighted by Crippen LogP contribution is 2.39. The highest BCUT2D eigenvalue weighted by molar-refractivity contribution is 6.34. The number of halogens is 1. The highest BCUT2D eigenvalue weighted by atomic mass is 35.5. The molecule has 0 amide bonds. The van der Waals surface area contributed by atoms with Crippen molar-refractivity contribution in [2.45, 2.75) is 0 Å². The Morgan fingerprint density at radius 3 is 2.54 bits per heavy atom. The van der Waals surface area contributed by atoms with Crippen LogP contribution in [0.15, 0.2) is 101 Å². The summed E-state index contributed by atoms with van der Waals surface area (Å²) in [7, 11) is 1.46. The van der Waals surface area contributed by atoms with Gasteiger partial charge >= 0.3 is 5.69 Å². The minimum absolute atomic E-state index is 0.232. The molecule has 0 spiro atoms. The molecule has 0 atom stereocenters. The molecule has 7 nitrogen and oxygen atoms in total. The zero-order chi connectivity index (χ0) is 27.1. The fourth-order valence-corrected chi connectivity index (χ4v) is 5.18. The van der Waals surface area contributed by atoms with Gasteiger partial charge in [-0.3, -0.25) is 4.79 Å². The van der Waals surface area contributed by atoms with Crippen LogP contribution in [-0.2, 0) is 0 Å². The van der Waals surface area contributed by atoms with E-state index in [-0.39, 0.29) is 11.4 Å². The van der Waals surface area contributed by atoms with Crippen molar-refractivity contribution in [2.75, 3.05) is 7.11 Å². The van der Waals surface area contributed by atoms with E-state index >= 15 is 0 Å². The molecule has 6 aromatic rings. The van der Waals surface area contributed by atoms with Gasteiger partial charge in [0.1, 0.15) is 11.6 Å². The summed E-state index contributed by atoms with van der Waals surface area (Å²) in [6.45, 7) is 0. The van der Waals surface area contributed by atoms with Crippen molar-refractivity contribution in [3.05, 3.63) is 123 Å². The standard InChI is InChI=1S/C31H19ClN4O3/c1-39-29-20(16-33)14-21(17-34-29)23-9-5-10-25(32)28(23)19-12-13-24-26(15-19)35-31(38)36(30(24)37)27-11-4-7-18-6-2-3-8-22(18)27/h2-15,17H,1H3,(H,35,38). The van der Waals surface area contributed by atoms with Crippen LogP contribution < -0.4 is 16.0 Å². The van der Waals surface area contributed by atoms with E-state index in [1.54, 1.807) is 42.6 Å². The number of fused-ring (bicyclic) bond motifs is 2. The SMILES string of the molecule is COc1ncc(-c2cccc(Cl)c2-c2ccc3c(=O)n(-c4cccc5ccccc45)c(=O)[nH]c3c2)cc1C#N. The number of benzene rings is 4. The molecule has 0 aliphatic heterocycles. The van der Waals surface area contributed by atoms with Crippen LogP contribution in [0.4, 0.5) is 0 Å². The van der Waals surface area contributed by atoms with Crippen LogP contribution in [0.1, 0.15) is 5.56 Å². The highest BCUT2D eigenvalue weighted by Gasteiger charge is 2.17. The Bertz CT molecular complexity index is 2080. The van der Waals surface area contributed by atoms with Crippen molar-refractivity contribution < 1.29 is 4.74 Å². The molecule has 0 bridgehead atoms. The normalized spacial score (nSPS) is 11.0. The molecule has 4 aromatic carbocycles. The molecule has 2 aromatic heterocycles. The van der Waals surface area contributed by atoms with Crippen molar-refractivity contribution in [1.29, 1.82) is 5.26 Å². The van der Waals surface area contributed by atoms with Gasteiger partial charge in [0.05, 0.1) is 23.7 Å². The Balaban J connectivity index is 1.54. The van der Waals surface area contributed by atoms with Crippen LogP contribution in [0.5, 0.6) is 5.88 Å². The Kier molecular flexibility index (Phi) is 5.95. The summed E-state index contributed by atoms with van der Waals surface area (Å²) in [5.41, 5.74) is 3.00. The molecule has 1 N–H and O–H groups in total. The predicted octanol–water partition coefficient (Wildman–Crippen LogP) is 6.09. The van der Waals surface area contributed by atoms with E-state index in [1.165, 1.54) is 7.11 Å². The van der Waals surface area contributed by atoms with Gasteiger partial charge in [0.15, 0.2) is 0 Å². The van der Waals surface area contributed by atoms with Crippen molar-refractivity contribution in [2.24, 2.45) is 0 Å². The van der Waals surface area contributed by atoms with Gasteiger partial charge in [-0.15, -0.1) is 0 Å².